The molecule has 1 nitrogen and oxygen atoms in total. The van der Waals surface area contributed by atoms with Crippen LogP contribution < -0.4 is 4.74 Å². The number of hydrogen-bond donors (Lipinski definition) is 0. The monoisotopic (exact) mass is 382 g/mol. The van der Waals surface area contributed by atoms with E-state index in [1.54, 1.807) is 0 Å². The number of alkyl halides is 1. The first-order valence-electron chi connectivity index (χ1n) is 5.70. The number of rotatable bonds is 6. The summed E-state index contributed by atoms with van der Waals surface area (Å²) >= 11 is 12.9. The summed E-state index contributed by atoms with van der Waals surface area (Å²) in [6, 6.07) is 5.59. The third-order valence-corrected chi connectivity index (χ3v) is 5.26. The Morgan fingerprint density at radius 2 is 1.94 bits per heavy atom. The molecule has 0 bridgehead atoms. The Bertz CT molecular complexity index is 356. The molecular formula is C13H17Br2ClO. The molecule has 1 aromatic carbocycles. The highest BCUT2D eigenvalue weighted by molar-refractivity contribution is 9.10. The first-order valence-corrected chi connectivity index (χ1v) is 8.00. The van der Waals surface area contributed by atoms with Crippen molar-refractivity contribution in [1.82, 2.24) is 0 Å². The smallest absolute Gasteiger partial charge is 0.133 e. The molecule has 0 saturated heterocycles. The van der Waals surface area contributed by atoms with Gasteiger partial charge in [0.25, 0.3) is 0 Å². The van der Waals surface area contributed by atoms with E-state index in [4.69, 9.17) is 16.3 Å². The van der Waals surface area contributed by atoms with Crippen molar-refractivity contribution >= 4 is 43.5 Å². The van der Waals surface area contributed by atoms with Gasteiger partial charge in [0, 0.05) is 15.8 Å². The summed E-state index contributed by atoms with van der Waals surface area (Å²) in [4.78, 5) is 0. The van der Waals surface area contributed by atoms with Gasteiger partial charge in [-0.2, -0.15) is 0 Å². The summed E-state index contributed by atoms with van der Waals surface area (Å²) in [6.45, 7) is 5.11. The Morgan fingerprint density at radius 1 is 1.29 bits per heavy atom. The van der Waals surface area contributed by atoms with E-state index in [0.717, 1.165) is 28.4 Å². The van der Waals surface area contributed by atoms with Crippen molar-refractivity contribution < 1.29 is 4.74 Å². The predicted molar refractivity (Wildman–Crippen MR) is 81.5 cm³/mol. The fourth-order valence-corrected chi connectivity index (χ4v) is 3.26. The molecule has 0 unspecified atom stereocenters. The number of benzene rings is 1. The zero-order valence-corrected chi connectivity index (χ0v) is 14.0. The van der Waals surface area contributed by atoms with Gasteiger partial charge in [0.15, 0.2) is 0 Å². The number of hydrogen-bond acceptors (Lipinski definition) is 1. The minimum atomic E-state index is 0.207. The molecule has 0 atom stereocenters. The summed E-state index contributed by atoms with van der Waals surface area (Å²) in [5, 5.41) is 1.67. The van der Waals surface area contributed by atoms with Crippen LogP contribution in [0.4, 0.5) is 0 Å². The minimum absolute atomic E-state index is 0.207. The van der Waals surface area contributed by atoms with E-state index in [1.165, 1.54) is 0 Å². The molecule has 0 radical (unpaired) electrons. The summed E-state index contributed by atoms with van der Waals surface area (Å²) in [5.74, 6) is 0.849. The summed E-state index contributed by atoms with van der Waals surface area (Å²) < 4.78 is 6.80. The molecule has 1 aromatic rings. The fourth-order valence-electron chi connectivity index (χ4n) is 1.50. The van der Waals surface area contributed by atoms with Gasteiger partial charge in [-0.05, 0) is 47.0 Å². The number of ether oxygens (including phenoxy) is 1. The van der Waals surface area contributed by atoms with E-state index >= 15 is 0 Å². The lowest BCUT2D eigenvalue weighted by atomic mass is 9.86. The van der Waals surface area contributed by atoms with E-state index in [2.05, 4.69) is 45.7 Å². The van der Waals surface area contributed by atoms with Gasteiger partial charge in [0.1, 0.15) is 5.75 Å². The molecule has 0 saturated carbocycles. The molecule has 17 heavy (non-hydrogen) atoms. The maximum Gasteiger partial charge on any atom is 0.133 e. The summed E-state index contributed by atoms with van der Waals surface area (Å²) in [6.07, 6.45) is 2.19. The molecular weight excluding hydrogens is 367 g/mol. The second-order valence-electron chi connectivity index (χ2n) is 4.20. The van der Waals surface area contributed by atoms with Crippen LogP contribution >= 0.6 is 43.5 Å². The molecule has 0 N–H and O–H groups in total. The maximum atomic E-state index is 5.90. The Morgan fingerprint density at radius 3 is 2.41 bits per heavy atom. The van der Waals surface area contributed by atoms with E-state index in [9.17, 15) is 0 Å². The molecule has 0 aliphatic heterocycles. The van der Waals surface area contributed by atoms with Crippen LogP contribution in [0.25, 0.3) is 0 Å². The number of halogens is 3. The van der Waals surface area contributed by atoms with Gasteiger partial charge in [-0.3, -0.25) is 0 Å². The van der Waals surface area contributed by atoms with Crippen molar-refractivity contribution in [2.45, 2.75) is 26.7 Å². The molecule has 0 heterocycles. The zero-order chi connectivity index (χ0) is 12.9. The van der Waals surface area contributed by atoms with Gasteiger partial charge in [0.2, 0.25) is 0 Å². The highest BCUT2D eigenvalue weighted by Gasteiger charge is 2.26. The van der Waals surface area contributed by atoms with Crippen LogP contribution in [-0.4, -0.2) is 11.9 Å². The van der Waals surface area contributed by atoms with Crippen LogP contribution in [0, 0.1) is 5.41 Å². The van der Waals surface area contributed by atoms with Crippen LogP contribution in [0.3, 0.4) is 0 Å². The van der Waals surface area contributed by atoms with Crippen molar-refractivity contribution in [3.63, 3.8) is 0 Å². The van der Waals surface area contributed by atoms with Crippen molar-refractivity contribution in [2.24, 2.45) is 5.41 Å². The second kappa shape index (κ2) is 7.01. The van der Waals surface area contributed by atoms with Crippen molar-refractivity contribution in [2.75, 3.05) is 11.9 Å². The van der Waals surface area contributed by atoms with Gasteiger partial charge in [-0.15, -0.1) is 0 Å². The lowest BCUT2D eigenvalue weighted by Gasteiger charge is -2.29. The zero-order valence-electron chi connectivity index (χ0n) is 10.1. The Labute approximate surface area is 125 Å². The largest absolute Gasteiger partial charge is 0.492 e. The quantitative estimate of drug-likeness (QED) is 0.573. The van der Waals surface area contributed by atoms with Gasteiger partial charge < -0.3 is 4.74 Å². The SMILES string of the molecule is CCC(CC)(CBr)COc1ccc(Cl)cc1Br. The fraction of sp³-hybridized carbons (Fsp3) is 0.538. The van der Waals surface area contributed by atoms with Gasteiger partial charge in [0.05, 0.1) is 11.1 Å². The van der Waals surface area contributed by atoms with Crippen molar-refractivity contribution in [3.8, 4) is 5.75 Å². The molecule has 0 aromatic heterocycles. The van der Waals surface area contributed by atoms with Crippen LogP contribution in [0.15, 0.2) is 22.7 Å². The Hall–Kier alpha value is 0.270. The lowest BCUT2D eigenvalue weighted by Crippen LogP contribution is -2.29. The van der Waals surface area contributed by atoms with Crippen LogP contribution in [0.2, 0.25) is 5.02 Å². The third kappa shape index (κ3) is 4.15. The molecule has 0 aliphatic rings. The topological polar surface area (TPSA) is 9.23 Å². The van der Waals surface area contributed by atoms with Gasteiger partial charge in [-0.1, -0.05) is 41.4 Å². The van der Waals surface area contributed by atoms with Crippen molar-refractivity contribution in [3.05, 3.63) is 27.7 Å². The first kappa shape index (κ1) is 15.3. The van der Waals surface area contributed by atoms with E-state index in [0.29, 0.717) is 11.6 Å². The van der Waals surface area contributed by atoms with Crippen LogP contribution in [0.1, 0.15) is 26.7 Å². The maximum absolute atomic E-state index is 5.90. The highest BCUT2D eigenvalue weighted by atomic mass is 79.9. The second-order valence-corrected chi connectivity index (χ2v) is 6.06. The molecule has 0 spiro atoms. The minimum Gasteiger partial charge on any atom is -0.492 e. The normalized spacial score (nSPS) is 11.6. The molecule has 0 aliphatic carbocycles. The van der Waals surface area contributed by atoms with Gasteiger partial charge in [-0.25, -0.2) is 0 Å². The Balaban J connectivity index is 2.72. The average molecular weight is 385 g/mol. The van der Waals surface area contributed by atoms with Crippen molar-refractivity contribution in [1.29, 1.82) is 0 Å². The van der Waals surface area contributed by atoms with E-state index in [1.807, 2.05) is 18.2 Å². The van der Waals surface area contributed by atoms with Crippen LogP contribution in [0.5, 0.6) is 5.75 Å². The first-order chi connectivity index (χ1) is 8.06. The molecule has 4 heteroatoms. The Kier molecular flexibility index (Phi) is 6.32. The van der Waals surface area contributed by atoms with Gasteiger partial charge >= 0.3 is 0 Å². The van der Waals surface area contributed by atoms with E-state index < -0.39 is 0 Å². The molecule has 96 valence electrons. The molecule has 0 fully saturated rings. The predicted octanol–water partition coefficient (Wildman–Crippen LogP) is 5.68. The molecule has 1 rings (SSSR count). The summed E-state index contributed by atoms with van der Waals surface area (Å²) in [5.41, 5.74) is 0.207. The standard InChI is InChI=1S/C13H17Br2ClO/c1-3-13(4-2,8-14)9-17-12-6-5-10(16)7-11(12)15/h5-7H,3-4,8-9H2,1-2H3. The summed E-state index contributed by atoms with van der Waals surface area (Å²) in [7, 11) is 0. The highest BCUT2D eigenvalue weighted by Crippen LogP contribution is 2.33. The third-order valence-electron chi connectivity index (χ3n) is 3.21. The van der Waals surface area contributed by atoms with E-state index in [-0.39, 0.29) is 5.41 Å². The molecule has 0 amide bonds. The van der Waals surface area contributed by atoms with Crippen LogP contribution in [-0.2, 0) is 0 Å². The lowest BCUT2D eigenvalue weighted by molar-refractivity contribution is 0.157. The average Bonchev–Trinajstić information content (AvgIpc) is 2.33.